The van der Waals surface area contributed by atoms with Crippen molar-refractivity contribution in [3.63, 3.8) is 0 Å². The molecular formula is C9H12N2O3. The van der Waals surface area contributed by atoms with Crippen LogP contribution in [-0.2, 0) is 14.4 Å². The van der Waals surface area contributed by atoms with Gasteiger partial charge in [-0.1, -0.05) is 5.92 Å². The van der Waals surface area contributed by atoms with Gasteiger partial charge in [0, 0.05) is 13.0 Å². The number of piperidine rings is 1. The summed E-state index contributed by atoms with van der Waals surface area (Å²) in [5.74, 6) is 1.76. The Balaban J connectivity index is 2.24. The second kappa shape index (κ2) is 5.25. The van der Waals surface area contributed by atoms with Crippen LogP contribution in [0.2, 0.25) is 0 Å². The molecule has 0 bridgehead atoms. The van der Waals surface area contributed by atoms with Gasteiger partial charge in [0.25, 0.3) is 0 Å². The zero-order valence-corrected chi connectivity index (χ0v) is 7.71. The molecule has 1 fully saturated rings. The molecule has 1 heterocycles. The van der Waals surface area contributed by atoms with E-state index in [1.807, 2.05) is 0 Å². The summed E-state index contributed by atoms with van der Waals surface area (Å²) in [5.41, 5.74) is 2.24. The van der Waals surface area contributed by atoms with Gasteiger partial charge in [-0.2, -0.15) is 0 Å². The molecule has 0 spiro atoms. The minimum absolute atomic E-state index is 0.0152. The molecule has 1 aliphatic heterocycles. The van der Waals surface area contributed by atoms with Gasteiger partial charge in [0.2, 0.25) is 11.8 Å². The van der Waals surface area contributed by atoms with Gasteiger partial charge in [-0.3, -0.25) is 14.4 Å². The van der Waals surface area contributed by atoms with Crippen LogP contribution in [0.4, 0.5) is 0 Å². The highest BCUT2D eigenvalue weighted by Gasteiger charge is 2.24. The van der Waals surface area contributed by atoms with Crippen molar-refractivity contribution in [1.82, 2.24) is 10.8 Å². The van der Waals surface area contributed by atoms with E-state index in [1.54, 1.807) is 0 Å². The minimum Gasteiger partial charge on any atom is -0.355 e. The molecule has 76 valence electrons. The Hall–Kier alpha value is -1.54. The maximum atomic E-state index is 11.3. The molecular weight excluding hydrogens is 184 g/mol. The first-order valence-corrected chi connectivity index (χ1v) is 4.36. The number of nitrogens with one attached hydrogen (secondary N) is 2. The molecule has 1 atom stereocenters. The van der Waals surface area contributed by atoms with Gasteiger partial charge in [-0.15, -0.1) is 6.42 Å². The summed E-state index contributed by atoms with van der Waals surface area (Å²) in [6.07, 6.45) is 5.86. The highest BCUT2D eigenvalue weighted by Crippen LogP contribution is 2.10. The third kappa shape index (κ3) is 3.07. The lowest BCUT2D eigenvalue weighted by atomic mass is 9.99. The van der Waals surface area contributed by atoms with E-state index in [4.69, 9.17) is 6.42 Å². The molecule has 0 aromatic rings. The Labute approximate surface area is 82.1 Å². The smallest absolute Gasteiger partial charge is 0.248 e. The van der Waals surface area contributed by atoms with E-state index in [-0.39, 0.29) is 24.3 Å². The van der Waals surface area contributed by atoms with E-state index >= 15 is 0 Å². The lowest BCUT2D eigenvalue weighted by molar-refractivity contribution is -0.138. The predicted molar refractivity (Wildman–Crippen MR) is 48.7 cm³/mol. The Morgan fingerprint density at radius 2 is 2.57 bits per heavy atom. The van der Waals surface area contributed by atoms with Crippen LogP contribution in [0.15, 0.2) is 0 Å². The maximum absolute atomic E-state index is 11.3. The summed E-state index contributed by atoms with van der Waals surface area (Å²) in [7, 11) is 0. The molecule has 0 radical (unpaired) electrons. The van der Waals surface area contributed by atoms with Crippen LogP contribution in [0.1, 0.15) is 12.8 Å². The molecule has 5 nitrogen and oxygen atoms in total. The van der Waals surface area contributed by atoms with Crippen LogP contribution in [0.25, 0.3) is 0 Å². The molecule has 1 unspecified atom stereocenters. The average molecular weight is 196 g/mol. The first-order chi connectivity index (χ1) is 6.74. The highest BCUT2D eigenvalue weighted by atomic mass is 16.6. The first kappa shape index (κ1) is 10.5. The van der Waals surface area contributed by atoms with E-state index in [0.717, 1.165) is 0 Å². The maximum Gasteiger partial charge on any atom is 0.248 e. The van der Waals surface area contributed by atoms with Gasteiger partial charge in [-0.05, 0) is 6.42 Å². The lowest BCUT2D eigenvalue weighted by Gasteiger charge is -2.20. The number of amides is 2. The van der Waals surface area contributed by atoms with Crippen LogP contribution < -0.4 is 10.8 Å². The van der Waals surface area contributed by atoms with Crippen molar-refractivity contribution in [2.45, 2.75) is 12.8 Å². The second-order valence-electron chi connectivity index (χ2n) is 3.00. The van der Waals surface area contributed by atoms with Crippen LogP contribution in [0.3, 0.4) is 0 Å². The Morgan fingerprint density at radius 1 is 1.79 bits per heavy atom. The lowest BCUT2D eigenvalue weighted by Crippen LogP contribution is -2.42. The Kier molecular flexibility index (Phi) is 3.95. The standard InChI is InChI=1S/C9H12N2O3/c1-2-5-14-11-9(13)7-3-4-8(12)10-6-7/h1,7H,3-6H2,(H,10,12)(H,11,13). The number of hydroxylamine groups is 1. The molecule has 1 rings (SSSR count). The van der Waals surface area contributed by atoms with Crippen molar-refractivity contribution in [3.8, 4) is 12.3 Å². The van der Waals surface area contributed by atoms with Crippen molar-refractivity contribution in [1.29, 1.82) is 0 Å². The largest absolute Gasteiger partial charge is 0.355 e. The summed E-state index contributed by atoms with van der Waals surface area (Å²) in [6.45, 7) is 0.412. The molecule has 14 heavy (non-hydrogen) atoms. The normalized spacial score (nSPS) is 20.8. The summed E-state index contributed by atoms with van der Waals surface area (Å²) in [6, 6.07) is 0. The van der Waals surface area contributed by atoms with E-state index in [9.17, 15) is 9.59 Å². The molecule has 0 aromatic heterocycles. The molecule has 0 aromatic carbocycles. The SMILES string of the molecule is C#CCONC(=O)C1CCC(=O)NC1. The third-order valence-electron chi connectivity index (χ3n) is 1.96. The van der Waals surface area contributed by atoms with Crippen molar-refractivity contribution in [2.24, 2.45) is 5.92 Å². The molecule has 2 N–H and O–H groups in total. The zero-order valence-electron chi connectivity index (χ0n) is 7.71. The fourth-order valence-electron chi connectivity index (χ4n) is 1.19. The fraction of sp³-hybridized carbons (Fsp3) is 0.556. The predicted octanol–water partition coefficient (Wildman–Crippen LogP) is -0.806. The van der Waals surface area contributed by atoms with Crippen LogP contribution in [-0.4, -0.2) is 25.0 Å². The van der Waals surface area contributed by atoms with E-state index < -0.39 is 0 Å². The number of hydrogen-bond donors (Lipinski definition) is 2. The molecule has 1 aliphatic rings. The topological polar surface area (TPSA) is 67.4 Å². The monoisotopic (exact) mass is 196 g/mol. The highest BCUT2D eigenvalue weighted by molar-refractivity contribution is 5.83. The van der Waals surface area contributed by atoms with Crippen molar-refractivity contribution in [2.75, 3.05) is 13.2 Å². The molecule has 5 heteroatoms. The number of hydrogen-bond acceptors (Lipinski definition) is 3. The quantitative estimate of drug-likeness (QED) is 0.352. The van der Waals surface area contributed by atoms with Gasteiger partial charge >= 0.3 is 0 Å². The fourth-order valence-corrected chi connectivity index (χ4v) is 1.19. The van der Waals surface area contributed by atoms with Gasteiger partial charge in [0.05, 0.1) is 5.92 Å². The molecule has 0 saturated carbocycles. The van der Waals surface area contributed by atoms with Crippen molar-refractivity contribution < 1.29 is 14.4 Å². The number of carbonyl (C=O) groups is 2. The summed E-state index contributed by atoms with van der Waals surface area (Å²) < 4.78 is 0. The Morgan fingerprint density at radius 3 is 3.14 bits per heavy atom. The van der Waals surface area contributed by atoms with Gasteiger partial charge in [0.15, 0.2) is 0 Å². The van der Waals surface area contributed by atoms with Gasteiger partial charge in [-0.25, -0.2) is 5.48 Å². The van der Waals surface area contributed by atoms with Crippen molar-refractivity contribution in [3.05, 3.63) is 0 Å². The first-order valence-electron chi connectivity index (χ1n) is 4.36. The summed E-state index contributed by atoms with van der Waals surface area (Å²) >= 11 is 0. The third-order valence-corrected chi connectivity index (χ3v) is 1.96. The van der Waals surface area contributed by atoms with Crippen LogP contribution >= 0.6 is 0 Å². The summed E-state index contributed by atoms with van der Waals surface area (Å²) in [5, 5.41) is 2.61. The van der Waals surface area contributed by atoms with E-state index in [2.05, 4.69) is 21.6 Å². The zero-order chi connectivity index (χ0) is 10.4. The second-order valence-corrected chi connectivity index (χ2v) is 3.00. The van der Waals surface area contributed by atoms with Crippen LogP contribution in [0, 0.1) is 18.3 Å². The minimum atomic E-state index is -0.236. The van der Waals surface area contributed by atoms with Gasteiger partial charge in [0.1, 0.15) is 6.61 Å². The number of rotatable bonds is 3. The molecule has 1 saturated heterocycles. The van der Waals surface area contributed by atoms with Gasteiger partial charge < -0.3 is 5.32 Å². The molecule has 2 amide bonds. The van der Waals surface area contributed by atoms with E-state index in [1.165, 1.54) is 0 Å². The van der Waals surface area contributed by atoms with Crippen LogP contribution in [0.5, 0.6) is 0 Å². The molecule has 0 aliphatic carbocycles. The average Bonchev–Trinajstić information content (AvgIpc) is 2.19. The summed E-state index contributed by atoms with van der Waals surface area (Å²) in [4.78, 5) is 26.8. The van der Waals surface area contributed by atoms with Crippen molar-refractivity contribution >= 4 is 11.8 Å². The Bertz CT molecular complexity index is 260. The number of carbonyl (C=O) groups excluding carboxylic acids is 2. The van der Waals surface area contributed by atoms with E-state index in [0.29, 0.717) is 19.4 Å². The number of terminal acetylenes is 1.